The van der Waals surface area contributed by atoms with Gasteiger partial charge in [-0.05, 0) is 13.0 Å². The second-order valence-corrected chi connectivity index (χ2v) is 2.62. The first-order valence-corrected chi connectivity index (χ1v) is 4.04. The predicted molar refractivity (Wildman–Crippen MR) is 47.8 cm³/mol. The van der Waals surface area contributed by atoms with Crippen molar-refractivity contribution in [1.29, 1.82) is 0 Å². The molecule has 2 aromatic rings. The average Bonchev–Trinajstić information content (AvgIpc) is 2.71. The molecule has 2 aromatic heterocycles. The lowest BCUT2D eigenvalue weighted by Crippen LogP contribution is -1.93. The third-order valence-electron chi connectivity index (χ3n) is 1.74. The van der Waals surface area contributed by atoms with E-state index in [0.29, 0.717) is 5.76 Å². The first-order chi connectivity index (χ1) is 6.29. The molecule has 2 rings (SSSR count). The number of aromatic nitrogens is 3. The van der Waals surface area contributed by atoms with Crippen LogP contribution in [0.2, 0.25) is 0 Å². The van der Waals surface area contributed by atoms with Crippen molar-refractivity contribution in [2.24, 2.45) is 0 Å². The zero-order chi connectivity index (χ0) is 9.26. The van der Waals surface area contributed by atoms with Crippen molar-refractivity contribution < 1.29 is 4.42 Å². The maximum absolute atomic E-state index is 5.34. The molecular weight excluding hydrogens is 168 g/mol. The van der Waals surface area contributed by atoms with Crippen molar-refractivity contribution in [3.05, 3.63) is 18.5 Å². The molecule has 0 bridgehead atoms. The Morgan fingerprint density at radius 3 is 3.00 bits per heavy atom. The highest BCUT2D eigenvalue weighted by Crippen LogP contribution is 2.18. The minimum atomic E-state index is 0.168. The summed E-state index contributed by atoms with van der Waals surface area (Å²) >= 11 is 0. The number of aryl methyl sites for hydroxylation is 1. The standard InChI is InChI=1S/C8H10N4O/c1-2-12-4-3-6(11-12)7-5-10-8(9)13-7/h3-5H,2H2,1H3,(H2,9,10). The zero-order valence-corrected chi connectivity index (χ0v) is 7.27. The molecule has 0 radical (unpaired) electrons. The highest BCUT2D eigenvalue weighted by molar-refractivity contribution is 5.50. The normalized spacial score (nSPS) is 10.5. The number of rotatable bonds is 2. The highest BCUT2D eigenvalue weighted by atomic mass is 16.4. The van der Waals surface area contributed by atoms with Gasteiger partial charge in [0, 0.05) is 12.7 Å². The van der Waals surface area contributed by atoms with Gasteiger partial charge in [0.2, 0.25) is 0 Å². The van der Waals surface area contributed by atoms with Gasteiger partial charge in [0.05, 0.1) is 6.20 Å². The van der Waals surface area contributed by atoms with E-state index in [4.69, 9.17) is 10.2 Å². The quantitative estimate of drug-likeness (QED) is 0.748. The van der Waals surface area contributed by atoms with Crippen molar-refractivity contribution in [3.8, 4) is 11.5 Å². The lowest BCUT2D eigenvalue weighted by molar-refractivity contribution is 0.587. The third kappa shape index (κ3) is 1.40. The van der Waals surface area contributed by atoms with Crippen LogP contribution in [-0.4, -0.2) is 14.8 Å². The summed E-state index contributed by atoms with van der Waals surface area (Å²) in [5.41, 5.74) is 6.10. The highest BCUT2D eigenvalue weighted by Gasteiger charge is 2.06. The minimum Gasteiger partial charge on any atom is -0.422 e. The van der Waals surface area contributed by atoms with E-state index in [1.165, 1.54) is 0 Å². The summed E-state index contributed by atoms with van der Waals surface area (Å²) < 4.78 is 6.93. The van der Waals surface area contributed by atoms with E-state index in [1.807, 2.05) is 23.9 Å². The van der Waals surface area contributed by atoms with Gasteiger partial charge in [0.15, 0.2) is 5.76 Å². The molecule has 0 unspecified atom stereocenters. The van der Waals surface area contributed by atoms with Crippen LogP contribution in [0.1, 0.15) is 6.92 Å². The summed E-state index contributed by atoms with van der Waals surface area (Å²) in [4.78, 5) is 3.79. The first kappa shape index (κ1) is 7.85. The van der Waals surface area contributed by atoms with Gasteiger partial charge in [0.25, 0.3) is 6.01 Å². The van der Waals surface area contributed by atoms with Crippen LogP contribution in [0, 0.1) is 0 Å². The van der Waals surface area contributed by atoms with Gasteiger partial charge < -0.3 is 10.2 Å². The lowest BCUT2D eigenvalue weighted by atomic mass is 10.4. The molecular formula is C8H10N4O. The van der Waals surface area contributed by atoms with Crippen LogP contribution in [0.4, 0.5) is 6.01 Å². The van der Waals surface area contributed by atoms with Crippen LogP contribution in [-0.2, 0) is 6.54 Å². The number of nitrogens with zero attached hydrogens (tertiary/aromatic N) is 3. The van der Waals surface area contributed by atoms with Gasteiger partial charge in [-0.1, -0.05) is 0 Å². The van der Waals surface area contributed by atoms with Gasteiger partial charge in [-0.2, -0.15) is 5.10 Å². The summed E-state index contributed by atoms with van der Waals surface area (Å²) in [5.74, 6) is 0.602. The second-order valence-electron chi connectivity index (χ2n) is 2.62. The van der Waals surface area contributed by atoms with Crippen LogP contribution >= 0.6 is 0 Å². The predicted octanol–water partition coefficient (Wildman–Crippen LogP) is 1.14. The molecule has 0 amide bonds. The summed E-state index contributed by atoms with van der Waals surface area (Å²) in [6, 6.07) is 2.03. The van der Waals surface area contributed by atoms with Crippen LogP contribution in [0.15, 0.2) is 22.9 Å². The Balaban J connectivity index is 2.35. The van der Waals surface area contributed by atoms with E-state index < -0.39 is 0 Å². The molecule has 0 aromatic carbocycles. The summed E-state index contributed by atoms with van der Waals surface area (Å²) in [5, 5.41) is 4.24. The van der Waals surface area contributed by atoms with Crippen LogP contribution in [0.5, 0.6) is 0 Å². The van der Waals surface area contributed by atoms with Crippen molar-refractivity contribution in [2.45, 2.75) is 13.5 Å². The Kier molecular flexibility index (Phi) is 1.77. The molecule has 0 aliphatic heterocycles. The van der Waals surface area contributed by atoms with Crippen LogP contribution < -0.4 is 5.73 Å². The third-order valence-corrected chi connectivity index (χ3v) is 1.74. The molecule has 68 valence electrons. The van der Waals surface area contributed by atoms with E-state index in [1.54, 1.807) is 6.20 Å². The number of anilines is 1. The van der Waals surface area contributed by atoms with Gasteiger partial charge in [-0.25, -0.2) is 4.98 Å². The SMILES string of the molecule is CCn1ccc(-c2cnc(N)o2)n1. The number of nitrogens with two attached hydrogens (primary N) is 1. The smallest absolute Gasteiger partial charge is 0.292 e. The molecule has 0 spiro atoms. The van der Waals surface area contributed by atoms with Crippen molar-refractivity contribution in [1.82, 2.24) is 14.8 Å². The number of oxazole rings is 1. The van der Waals surface area contributed by atoms with Gasteiger partial charge in [-0.15, -0.1) is 0 Å². The molecule has 0 fully saturated rings. The van der Waals surface area contributed by atoms with E-state index in [2.05, 4.69) is 10.1 Å². The van der Waals surface area contributed by atoms with Crippen molar-refractivity contribution in [3.63, 3.8) is 0 Å². The molecule has 5 heteroatoms. The molecule has 0 atom stereocenters. The van der Waals surface area contributed by atoms with Gasteiger partial charge >= 0.3 is 0 Å². The summed E-state index contributed by atoms with van der Waals surface area (Å²) in [7, 11) is 0. The lowest BCUT2D eigenvalue weighted by Gasteiger charge is -1.91. The van der Waals surface area contributed by atoms with E-state index in [0.717, 1.165) is 12.2 Å². The van der Waals surface area contributed by atoms with Gasteiger partial charge in [0.1, 0.15) is 5.69 Å². The van der Waals surface area contributed by atoms with E-state index in [-0.39, 0.29) is 6.01 Å². The van der Waals surface area contributed by atoms with Crippen molar-refractivity contribution >= 4 is 6.01 Å². The maximum Gasteiger partial charge on any atom is 0.292 e. The summed E-state index contributed by atoms with van der Waals surface area (Å²) in [6.45, 7) is 2.86. The topological polar surface area (TPSA) is 69.9 Å². The minimum absolute atomic E-state index is 0.168. The fraction of sp³-hybridized carbons (Fsp3) is 0.250. The maximum atomic E-state index is 5.34. The van der Waals surface area contributed by atoms with Gasteiger partial charge in [-0.3, -0.25) is 4.68 Å². The Morgan fingerprint density at radius 1 is 1.62 bits per heavy atom. The van der Waals surface area contributed by atoms with E-state index >= 15 is 0 Å². The molecule has 5 nitrogen and oxygen atoms in total. The number of hydrogen-bond acceptors (Lipinski definition) is 4. The largest absolute Gasteiger partial charge is 0.422 e. The molecule has 0 saturated carbocycles. The average molecular weight is 178 g/mol. The molecule has 2 N–H and O–H groups in total. The van der Waals surface area contributed by atoms with Crippen LogP contribution in [0.25, 0.3) is 11.5 Å². The second kappa shape index (κ2) is 2.93. The molecule has 0 aliphatic carbocycles. The Labute approximate surface area is 75.2 Å². The fourth-order valence-corrected chi connectivity index (χ4v) is 1.08. The van der Waals surface area contributed by atoms with Crippen molar-refractivity contribution in [2.75, 3.05) is 5.73 Å². The Morgan fingerprint density at radius 2 is 2.46 bits per heavy atom. The Bertz CT molecular complexity index is 404. The zero-order valence-electron chi connectivity index (χ0n) is 7.27. The fourth-order valence-electron chi connectivity index (χ4n) is 1.08. The monoisotopic (exact) mass is 178 g/mol. The number of hydrogen-bond donors (Lipinski definition) is 1. The molecule has 0 saturated heterocycles. The molecule has 2 heterocycles. The number of nitrogen functional groups attached to an aromatic ring is 1. The molecule has 0 aliphatic rings. The van der Waals surface area contributed by atoms with Crippen LogP contribution in [0.3, 0.4) is 0 Å². The summed E-state index contributed by atoms with van der Waals surface area (Å²) in [6.07, 6.45) is 3.45. The first-order valence-electron chi connectivity index (χ1n) is 4.04. The molecule has 13 heavy (non-hydrogen) atoms. The van der Waals surface area contributed by atoms with E-state index in [9.17, 15) is 0 Å². The Hall–Kier alpha value is -1.78.